The highest BCUT2D eigenvalue weighted by molar-refractivity contribution is 5.92. The molecule has 3 aromatic carbocycles. The average molecular weight is 450 g/mol. The molecule has 0 atom stereocenters. The Balaban J connectivity index is 2.28. The van der Waals surface area contributed by atoms with Crippen molar-refractivity contribution in [1.29, 1.82) is 0 Å². The number of rotatable bonds is 9. The van der Waals surface area contributed by atoms with E-state index in [9.17, 15) is 15.0 Å². The van der Waals surface area contributed by atoms with Gasteiger partial charge in [-0.25, -0.2) is 0 Å². The maximum absolute atomic E-state index is 11.6. The summed E-state index contributed by atoms with van der Waals surface area (Å²) in [4.78, 5) is 11.6. The van der Waals surface area contributed by atoms with Gasteiger partial charge in [0.2, 0.25) is 5.91 Å². The van der Waals surface area contributed by atoms with Gasteiger partial charge < -0.3 is 29.7 Å². The van der Waals surface area contributed by atoms with Crippen LogP contribution in [0.4, 0.5) is 0 Å². The van der Waals surface area contributed by atoms with Crippen molar-refractivity contribution in [2.24, 2.45) is 0 Å². The summed E-state index contributed by atoms with van der Waals surface area (Å²) in [5.74, 6) is 1.25. The van der Waals surface area contributed by atoms with Gasteiger partial charge >= 0.3 is 0 Å². The maximum Gasteiger partial charge on any atom is 0.243 e. The topological polar surface area (TPSA) is 97.3 Å². The molecule has 3 aromatic rings. The summed E-state index contributed by atoms with van der Waals surface area (Å²) < 4.78 is 16.3. The summed E-state index contributed by atoms with van der Waals surface area (Å²) in [5, 5.41) is 23.8. The Hall–Kier alpha value is -4.13. The van der Waals surface area contributed by atoms with Gasteiger partial charge in [-0.3, -0.25) is 4.79 Å². The van der Waals surface area contributed by atoms with Crippen LogP contribution in [0.3, 0.4) is 0 Å². The second kappa shape index (κ2) is 10.5. The summed E-state index contributed by atoms with van der Waals surface area (Å²) >= 11 is 0. The van der Waals surface area contributed by atoms with Crippen molar-refractivity contribution >= 4 is 5.91 Å². The Morgan fingerprint density at radius 3 is 2.30 bits per heavy atom. The number of methoxy groups -OCH3 is 3. The molecule has 0 aliphatic carbocycles. The van der Waals surface area contributed by atoms with Gasteiger partial charge in [-0.05, 0) is 60.0 Å². The van der Waals surface area contributed by atoms with Gasteiger partial charge in [0, 0.05) is 23.2 Å². The van der Waals surface area contributed by atoms with E-state index in [0.29, 0.717) is 46.7 Å². The fourth-order valence-corrected chi connectivity index (χ4v) is 3.68. The molecule has 0 saturated carbocycles. The number of carbonyl (C=O) groups is 1. The van der Waals surface area contributed by atoms with Gasteiger partial charge in [0.15, 0.2) is 11.5 Å². The van der Waals surface area contributed by atoms with Crippen LogP contribution in [-0.4, -0.2) is 44.0 Å². The normalized spacial score (nSPS) is 10.4. The third kappa shape index (κ3) is 5.03. The quantitative estimate of drug-likeness (QED) is 0.422. The van der Waals surface area contributed by atoms with Crippen molar-refractivity contribution in [3.8, 4) is 51.0 Å². The first-order valence-electron chi connectivity index (χ1n) is 10.3. The Kier molecular flexibility index (Phi) is 7.46. The fraction of sp³-hybridized carbons (Fsp3) is 0.192. The summed E-state index contributed by atoms with van der Waals surface area (Å²) in [5.41, 5.74) is 3.46. The molecule has 3 rings (SSSR count). The molecule has 7 nitrogen and oxygen atoms in total. The summed E-state index contributed by atoms with van der Waals surface area (Å²) in [6.45, 7) is 3.84. The van der Waals surface area contributed by atoms with E-state index in [-0.39, 0.29) is 23.2 Å². The Bertz CT molecular complexity index is 1170. The molecule has 3 N–H and O–H groups in total. The Morgan fingerprint density at radius 1 is 0.909 bits per heavy atom. The first-order valence-corrected chi connectivity index (χ1v) is 10.3. The number of ether oxygens (including phenoxy) is 3. The smallest absolute Gasteiger partial charge is 0.243 e. The van der Waals surface area contributed by atoms with Crippen LogP contribution in [0.5, 0.6) is 28.7 Å². The van der Waals surface area contributed by atoms with Crippen LogP contribution in [0.25, 0.3) is 22.3 Å². The zero-order valence-corrected chi connectivity index (χ0v) is 18.8. The molecular weight excluding hydrogens is 422 g/mol. The van der Waals surface area contributed by atoms with E-state index in [1.807, 2.05) is 12.1 Å². The van der Waals surface area contributed by atoms with E-state index in [1.54, 1.807) is 44.6 Å². The number of benzene rings is 3. The number of aromatic hydroxyl groups is 2. The first kappa shape index (κ1) is 23.5. The van der Waals surface area contributed by atoms with Gasteiger partial charge in [0.25, 0.3) is 0 Å². The Morgan fingerprint density at radius 2 is 1.64 bits per heavy atom. The zero-order valence-electron chi connectivity index (χ0n) is 18.8. The van der Waals surface area contributed by atoms with E-state index in [1.165, 1.54) is 19.3 Å². The van der Waals surface area contributed by atoms with E-state index >= 15 is 0 Å². The van der Waals surface area contributed by atoms with E-state index in [2.05, 4.69) is 11.9 Å². The molecular formula is C26H27NO6. The van der Waals surface area contributed by atoms with Crippen molar-refractivity contribution in [3.63, 3.8) is 0 Å². The van der Waals surface area contributed by atoms with Crippen LogP contribution in [0.1, 0.15) is 5.56 Å². The summed E-state index contributed by atoms with van der Waals surface area (Å²) in [6.07, 6.45) is 1.70. The average Bonchev–Trinajstić information content (AvgIpc) is 2.84. The molecule has 0 spiro atoms. The third-order valence-corrected chi connectivity index (χ3v) is 5.29. The first-order chi connectivity index (χ1) is 15.9. The molecule has 7 heteroatoms. The van der Waals surface area contributed by atoms with E-state index in [4.69, 9.17) is 14.2 Å². The predicted molar refractivity (Wildman–Crippen MR) is 127 cm³/mol. The van der Waals surface area contributed by atoms with Gasteiger partial charge in [-0.15, -0.1) is 0 Å². The molecule has 0 saturated heterocycles. The number of phenols is 2. The molecule has 0 radical (unpaired) electrons. The minimum absolute atomic E-state index is 0.00968. The number of phenolic OH excluding ortho intramolecular Hbond substituents is 2. The van der Waals surface area contributed by atoms with Gasteiger partial charge in [-0.1, -0.05) is 18.7 Å². The van der Waals surface area contributed by atoms with Crippen molar-refractivity contribution in [2.45, 2.75) is 6.42 Å². The highest BCUT2D eigenvalue weighted by Gasteiger charge is 2.21. The van der Waals surface area contributed by atoms with Gasteiger partial charge in [-0.2, -0.15) is 0 Å². The molecule has 1 amide bonds. The van der Waals surface area contributed by atoms with Crippen molar-refractivity contribution < 1.29 is 29.2 Å². The largest absolute Gasteiger partial charge is 0.507 e. The lowest BCUT2D eigenvalue weighted by Crippen LogP contribution is -2.23. The molecule has 0 fully saturated rings. The molecule has 0 bridgehead atoms. The van der Waals surface area contributed by atoms with Crippen molar-refractivity contribution in [1.82, 2.24) is 5.32 Å². The second-order valence-corrected chi connectivity index (χ2v) is 7.19. The van der Waals surface area contributed by atoms with Crippen LogP contribution < -0.4 is 19.5 Å². The molecule has 0 aromatic heterocycles. The molecule has 0 aliphatic rings. The number of nitrogens with one attached hydrogen (secondary N) is 1. The van der Waals surface area contributed by atoms with Crippen LogP contribution >= 0.6 is 0 Å². The zero-order chi connectivity index (χ0) is 24.0. The van der Waals surface area contributed by atoms with Crippen LogP contribution in [-0.2, 0) is 11.2 Å². The highest BCUT2D eigenvalue weighted by Crippen LogP contribution is 2.46. The molecule has 33 heavy (non-hydrogen) atoms. The summed E-state index contributed by atoms with van der Waals surface area (Å²) in [7, 11) is 4.61. The van der Waals surface area contributed by atoms with E-state index < -0.39 is 0 Å². The maximum atomic E-state index is 11.6. The minimum Gasteiger partial charge on any atom is -0.507 e. The number of carbonyl (C=O) groups excluding carboxylic acids is 1. The number of hydrogen-bond donors (Lipinski definition) is 3. The van der Waals surface area contributed by atoms with Crippen molar-refractivity contribution in [3.05, 3.63) is 66.7 Å². The standard InChI is InChI=1S/C26H27NO6/c1-5-24(30)27-13-12-16-6-10-21(29)26(17-7-9-20(28)23(14-17)33-4)25(16)19-15-18(31-2)8-11-22(19)32-3/h5-11,14-15,28-29H,1,12-13H2,2-4H3,(H,27,30). The molecule has 0 unspecified atom stereocenters. The van der Waals surface area contributed by atoms with Crippen LogP contribution in [0.15, 0.2) is 61.2 Å². The lowest BCUT2D eigenvalue weighted by atomic mass is 9.87. The highest BCUT2D eigenvalue weighted by atomic mass is 16.5. The lowest BCUT2D eigenvalue weighted by Gasteiger charge is -2.20. The van der Waals surface area contributed by atoms with E-state index in [0.717, 1.165) is 5.56 Å². The molecule has 0 aliphatic heterocycles. The number of hydrogen-bond acceptors (Lipinski definition) is 6. The Labute approximate surface area is 192 Å². The fourth-order valence-electron chi connectivity index (χ4n) is 3.68. The van der Waals surface area contributed by atoms with Gasteiger partial charge in [0.05, 0.1) is 21.3 Å². The SMILES string of the molecule is C=CC(=O)NCCc1ccc(O)c(-c2ccc(O)c(OC)c2)c1-c1cc(OC)ccc1OC. The summed E-state index contributed by atoms with van der Waals surface area (Å²) in [6, 6.07) is 13.7. The monoisotopic (exact) mass is 449 g/mol. The van der Waals surface area contributed by atoms with Gasteiger partial charge in [0.1, 0.15) is 17.2 Å². The van der Waals surface area contributed by atoms with Crippen LogP contribution in [0, 0.1) is 0 Å². The molecule has 172 valence electrons. The van der Waals surface area contributed by atoms with Crippen molar-refractivity contribution in [2.75, 3.05) is 27.9 Å². The molecule has 0 heterocycles. The third-order valence-electron chi connectivity index (χ3n) is 5.29. The second-order valence-electron chi connectivity index (χ2n) is 7.19. The lowest BCUT2D eigenvalue weighted by molar-refractivity contribution is -0.116. The minimum atomic E-state index is -0.266. The number of amides is 1. The van der Waals surface area contributed by atoms with Crippen LogP contribution in [0.2, 0.25) is 0 Å². The predicted octanol–water partition coefficient (Wildman–Crippen LogP) is 4.30.